The van der Waals surface area contributed by atoms with E-state index in [1.54, 1.807) is 0 Å². The standard InChI is InChI=1S/C12H25NO2/c1-9(2)12(13)11(8-14)15-7-6-10-4-3-5-10/h9-12,14H,3-8,13H2,1-2H3. The minimum Gasteiger partial charge on any atom is -0.394 e. The molecule has 1 saturated carbocycles. The molecule has 0 spiro atoms. The first-order valence-electron chi connectivity index (χ1n) is 6.13. The first-order valence-corrected chi connectivity index (χ1v) is 6.13. The third kappa shape index (κ3) is 4.09. The van der Waals surface area contributed by atoms with Crippen LogP contribution < -0.4 is 5.73 Å². The summed E-state index contributed by atoms with van der Waals surface area (Å²) in [7, 11) is 0. The van der Waals surface area contributed by atoms with Crippen LogP contribution in [0.15, 0.2) is 0 Å². The van der Waals surface area contributed by atoms with Crippen molar-refractivity contribution in [1.29, 1.82) is 0 Å². The first kappa shape index (κ1) is 12.9. The Labute approximate surface area is 93.0 Å². The van der Waals surface area contributed by atoms with Gasteiger partial charge in [-0.1, -0.05) is 33.1 Å². The lowest BCUT2D eigenvalue weighted by Crippen LogP contribution is -2.43. The van der Waals surface area contributed by atoms with Crippen molar-refractivity contribution in [2.75, 3.05) is 13.2 Å². The van der Waals surface area contributed by atoms with E-state index in [1.807, 2.05) is 0 Å². The molecule has 1 fully saturated rings. The van der Waals surface area contributed by atoms with Gasteiger partial charge in [-0.05, 0) is 18.3 Å². The van der Waals surface area contributed by atoms with Gasteiger partial charge in [0.05, 0.1) is 12.7 Å². The number of nitrogens with two attached hydrogens (primary N) is 1. The molecule has 90 valence electrons. The van der Waals surface area contributed by atoms with Crippen molar-refractivity contribution in [1.82, 2.24) is 0 Å². The minimum atomic E-state index is -0.190. The zero-order valence-corrected chi connectivity index (χ0v) is 9.98. The van der Waals surface area contributed by atoms with Crippen LogP contribution in [0.2, 0.25) is 0 Å². The summed E-state index contributed by atoms with van der Waals surface area (Å²) < 4.78 is 5.65. The molecule has 0 bridgehead atoms. The molecule has 0 heterocycles. The molecule has 1 rings (SSSR count). The normalized spacial score (nSPS) is 21.4. The third-order valence-corrected chi connectivity index (χ3v) is 3.46. The van der Waals surface area contributed by atoms with E-state index in [0.29, 0.717) is 5.92 Å². The lowest BCUT2D eigenvalue weighted by Gasteiger charge is -2.28. The van der Waals surface area contributed by atoms with Crippen LogP contribution in [0.5, 0.6) is 0 Å². The molecule has 0 aromatic carbocycles. The maximum atomic E-state index is 9.18. The Bertz CT molecular complexity index is 169. The second kappa shape index (κ2) is 6.46. The van der Waals surface area contributed by atoms with Gasteiger partial charge in [0, 0.05) is 12.6 Å². The Morgan fingerprint density at radius 2 is 2.07 bits per heavy atom. The molecule has 2 atom stereocenters. The highest BCUT2D eigenvalue weighted by Crippen LogP contribution is 2.29. The predicted octanol–water partition coefficient (Wildman–Crippen LogP) is 1.54. The molecule has 15 heavy (non-hydrogen) atoms. The Morgan fingerprint density at radius 3 is 2.47 bits per heavy atom. The van der Waals surface area contributed by atoms with Gasteiger partial charge < -0.3 is 15.6 Å². The quantitative estimate of drug-likeness (QED) is 0.677. The fourth-order valence-electron chi connectivity index (χ4n) is 1.88. The zero-order chi connectivity index (χ0) is 11.3. The fraction of sp³-hybridized carbons (Fsp3) is 1.00. The topological polar surface area (TPSA) is 55.5 Å². The number of hydrogen-bond acceptors (Lipinski definition) is 3. The third-order valence-electron chi connectivity index (χ3n) is 3.46. The Morgan fingerprint density at radius 1 is 1.40 bits per heavy atom. The van der Waals surface area contributed by atoms with Gasteiger partial charge >= 0.3 is 0 Å². The molecule has 1 aliphatic rings. The number of aliphatic hydroxyl groups is 1. The number of rotatable bonds is 7. The molecule has 0 aromatic heterocycles. The summed E-state index contributed by atoms with van der Waals surface area (Å²) in [5.41, 5.74) is 5.95. The fourth-order valence-corrected chi connectivity index (χ4v) is 1.88. The van der Waals surface area contributed by atoms with Crippen molar-refractivity contribution in [3.63, 3.8) is 0 Å². The van der Waals surface area contributed by atoms with Crippen LogP contribution in [-0.2, 0) is 4.74 Å². The van der Waals surface area contributed by atoms with Crippen LogP contribution in [0.3, 0.4) is 0 Å². The van der Waals surface area contributed by atoms with Gasteiger partial charge in [-0.25, -0.2) is 0 Å². The van der Waals surface area contributed by atoms with Crippen molar-refractivity contribution >= 4 is 0 Å². The molecule has 1 aliphatic carbocycles. The summed E-state index contributed by atoms with van der Waals surface area (Å²) in [6.07, 6.45) is 5.01. The molecular weight excluding hydrogens is 190 g/mol. The molecule has 2 unspecified atom stereocenters. The first-order chi connectivity index (χ1) is 7.15. The second-order valence-electron chi connectivity index (χ2n) is 5.00. The van der Waals surface area contributed by atoms with E-state index in [1.165, 1.54) is 19.3 Å². The van der Waals surface area contributed by atoms with Crippen LogP contribution in [0.4, 0.5) is 0 Å². The van der Waals surface area contributed by atoms with Crippen LogP contribution in [0, 0.1) is 11.8 Å². The van der Waals surface area contributed by atoms with Crippen molar-refractivity contribution < 1.29 is 9.84 Å². The maximum absolute atomic E-state index is 9.18. The van der Waals surface area contributed by atoms with Crippen LogP contribution in [0.25, 0.3) is 0 Å². The monoisotopic (exact) mass is 215 g/mol. The molecule has 3 N–H and O–H groups in total. The zero-order valence-electron chi connectivity index (χ0n) is 9.98. The lowest BCUT2D eigenvalue weighted by molar-refractivity contribution is -0.0191. The predicted molar refractivity (Wildman–Crippen MR) is 61.6 cm³/mol. The van der Waals surface area contributed by atoms with E-state index in [-0.39, 0.29) is 18.8 Å². The van der Waals surface area contributed by atoms with Crippen LogP contribution >= 0.6 is 0 Å². The van der Waals surface area contributed by atoms with Gasteiger partial charge in [-0.15, -0.1) is 0 Å². The SMILES string of the molecule is CC(C)C(N)C(CO)OCCC1CCC1. The molecule has 0 saturated heterocycles. The summed E-state index contributed by atoms with van der Waals surface area (Å²) in [6.45, 7) is 4.89. The van der Waals surface area contributed by atoms with Crippen molar-refractivity contribution in [3.05, 3.63) is 0 Å². The molecule has 0 radical (unpaired) electrons. The minimum absolute atomic E-state index is 0.0318. The molecule has 3 heteroatoms. The van der Waals surface area contributed by atoms with E-state index < -0.39 is 0 Å². The van der Waals surface area contributed by atoms with Crippen molar-refractivity contribution in [3.8, 4) is 0 Å². The summed E-state index contributed by atoms with van der Waals surface area (Å²) in [6, 6.07) is -0.0589. The van der Waals surface area contributed by atoms with Crippen LogP contribution in [-0.4, -0.2) is 30.5 Å². The number of hydrogen-bond donors (Lipinski definition) is 2. The van der Waals surface area contributed by atoms with Gasteiger partial charge in [-0.2, -0.15) is 0 Å². The summed E-state index contributed by atoms with van der Waals surface area (Å²) in [5, 5.41) is 9.18. The molecule has 0 aliphatic heterocycles. The van der Waals surface area contributed by atoms with E-state index in [0.717, 1.165) is 18.9 Å². The van der Waals surface area contributed by atoms with Gasteiger partial charge in [0.15, 0.2) is 0 Å². The number of aliphatic hydroxyl groups excluding tert-OH is 1. The highest BCUT2D eigenvalue weighted by Gasteiger charge is 2.22. The van der Waals surface area contributed by atoms with Gasteiger partial charge in [0.25, 0.3) is 0 Å². The second-order valence-corrected chi connectivity index (χ2v) is 5.00. The maximum Gasteiger partial charge on any atom is 0.0958 e. The average Bonchev–Trinajstić information content (AvgIpc) is 2.14. The van der Waals surface area contributed by atoms with Crippen LogP contribution in [0.1, 0.15) is 39.5 Å². The van der Waals surface area contributed by atoms with E-state index in [2.05, 4.69) is 13.8 Å². The largest absolute Gasteiger partial charge is 0.394 e. The smallest absolute Gasteiger partial charge is 0.0958 e. The Balaban J connectivity index is 2.14. The highest BCUT2D eigenvalue weighted by molar-refractivity contribution is 4.76. The summed E-state index contributed by atoms with van der Waals surface area (Å²) in [4.78, 5) is 0. The summed E-state index contributed by atoms with van der Waals surface area (Å²) >= 11 is 0. The highest BCUT2D eigenvalue weighted by atomic mass is 16.5. The molecule has 0 amide bonds. The van der Waals surface area contributed by atoms with E-state index in [9.17, 15) is 5.11 Å². The van der Waals surface area contributed by atoms with E-state index >= 15 is 0 Å². The molecule has 3 nitrogen and oxygen atoms in total. The summed E-state index contributed by atoms with van der Waals surface area (Å²) in [5.74, 6) is 1.21. The van der Waals surface area contributed by atoms with Gasteiger partial charge in [0.1, 0.15) is 0 Å². The van der Waals surface area contributed by atoms with Crippen molar-refractivity contribution in [2.45, 2.75) is 51.7 Å². The van der Waals surface area contributed by atoms with Gasteiger partial charge in [0.2, 0.25) is 0 Å². The lowest BCUT2D eigenvalue weighted by atomic mass is 9.83. The van der Waals surface area contributed by atoms with Crippen molar-refractivity contribution in [2.24, 2.45) is 17.6 Å². The van der Waals surface area contributed by atoms with Gasteiger partial charge in [-0.3, -0.25) is 0 Å². The Hall–Kier alpha value is -0.120. The van der Waals surface area contributed by atoms with E-state index in [4.69, 9.17) is 10.5 Å². The Kier molecular flexibility index (Phi) is 5.58. The average molecular weight is 215 g/mol. The molecular formula is C12H25NO2. The number of ether oxygens (including phenoxy) is 1. The molecule has 0 aromatic rings.